The normalized spacial score (nSPS) is 24.8. The maximum atomic E-state index is 12.8. The van der Waals surface area contributed by atoms with Crippen molar-refractivity contribution in [3.8, 4) is 0 Å². The molecule has 0 aliphatic carbocycles. The van der Waals surface area contributed by atoms with E-state index >= 15 is 0 Å². The van der Waals surface area contributed by atoms with Crippen LogP contribution in [0.4, 0.5) is 13.6 Å². The topological polar surface area (TPSA) is 69.6 Å². The van der Waals surface area contributed by atoms with Crippen LogP contribution in [-0.2, 0) is 4.79 Å². The lowest BCUT2D eigenvalue weighted by Gasteiger charge is -2.18. The summed E-state index contributed by atoms with van der Waals surface area (Å²) in [5.41, 5.74) is 0. The molecule has 1 fully saturated rings. The zero-order valence-corrected chi connectivity index (χ0v) is 7.46. The van der Waals surface area contributed by atoms with Crippen LogP contribution < -0.4 is 5.32 Å². The molecular weight excluding hydrogens is 198 g/mol. The van der Waals surface area contributed by atoms with Crippen LogP contribution in [0, 0.1) is 0 Å². The third kappa shape index (κ3) is 1.91. The largest absolute Gasteiger partial charge is 0.465 e. The summed E-state index contributed by atoms with van der Waals surface area (Å²) in [6.45, 7) is -0.916. The molecule has 0 bridgehead atoms. The summed E-state index contributed by atoms with van der Waals surface area (Å²) in [7, 11) is 1.28. The molecule has 0 aromatic carbocycles. The first-order chi connectivity index (χ1) is 6.37. The summed E-state index contributed by atoms with van der Waals surface area (Å²) in [4.78, 5) is 22.1. The van der Waals surface area contributed by atoms with Gasteiger partial charge < -0.3 is 10.4 Å². The number of hydrogen-bond donors (Lipinski definition) is 2. The SMILES string of the molecule is CNC(=O)C1CC(F)(F)CN1C(=O)O. The number of likely N-dealkylation sites (N-methyl/N-ethyl adjacent to an activating group) is 1. The summed E-state index contributed by atoms with van der Waals surface area (Å²) < 4.78 is 25.6. The second kappa shape index (κ2) is 3.39. The fraction of sp³-hybridized carbons (Fsp3) is 0.714. The molecule has 1 atom stereocenters. The Hall–Kier alpha value is -1.40. The number of carbonyl (C=O) groups excluding carboxylic acids is 1. The lowest BCUT2D eigenvalue weighted by Crippen LogP contribution is -2.44. The van der Waals surface area contributed by atoms with Gasteiger partial charge >= 0.3 is 6.09 Å². The van der Waals surface area contributed by atoms with Crippen molar-refractivity contribution in [1.82, 2.24) is 10.2 Å². The number of carboxylic acid groups (broad SMARTS) is 1. The Bertz CT molecular complexity index is 270. The van der Waals surface area contributed by atoms with Crippen molar-refractivity contribution in [2.75, 3.05) is 13.6 Å². The van der Waals surface area contributed by atoms with Crippen LogP contribution in [0.5, 0.6) is 0 Å². The predicted octanol–water partition coefficient (Wildman–Crippen LogP) is 0.120. The van der Waals surface area contributed by atoms with Crippen LogP contribution in [0.2, 0.25) is 0 Å². The summed E-state index contributed by atoms with van der Waals surface area (Å²) >= 11 is 0. The first-order valence-corrected chi connectivity index (χ1v) is 3.96. The molecule has 0 radical (unpaired) electrons. The maximum absolute atomic E-state index is 12.8. The molecule has 2 amide bonds. The highest BCUT2D eigenvalue weighted by atomic mass is 19.3. The summed E-state index contributed by atoms with van der Waals surface area (Å²) in [6, 6.07) is -1.28. The minimum absolute atomic E-state index is 0.457. The smallest absolute Gasteiger partial charge is 0.408 e. The van der Waals surface area contributed by atoms with Crippen LogP contribution >= 0.6 is 0 Å². The number of halogens is 2. The van der Waals surface area contributed by atoms with Crippen LogP contribution in [0.25, 0.3) is 0 Å². The molecule has 2 N–H and O–H groups in total. The number of alkyl halides is 2. The van der Waals surface area contributed by atoms with Gasteiger partial charge in [-0.15, -0.1) is 0 Å². The van der Waals surface area contributed by atoms with Crippen LogP contribution in [-0.4, -0.2) is 47.6 Å². The van der Waals surface area contributed by atoms with Crippen molar-refractivity contribution in [3.63, 3.8) is 0 Å². The number of nitrogens with zero attached hydrogens (tertiary/aromatic N) is 1. The van der Waals surface area contributed by atoms with E-state index in [4.69, 9.17) is 5.11 Å². The zero-order chi connectivity index (χ0) is 10.9. The monoisotopic (exact) mass is 208 g/mol. The zero-order valence-electron chi connectivity index (χ0n) is 7.46. The van der Waals surface area contributed by atoms with Gasteiger partial charge in [-0.3, -0.25) is 9.69 Å². The van der Waals surface area contributed by atoms with Crippen molar-refractivity contribution in [1.29, 1.82) is 0 Å². The fourth-order valence-corrected chi connectivity index (χ4v) is 1.42. The van der Waals surface area contributed by atoms with E-state index in [1.54, 1.807) is 0 Å². The quantitative estimate of drug-likeness (QED) is 0.643. The molecule has 0 spiro atoms. The Labute approximate surface area is 78.7 Å². The Morgan fingerprint density at radius 3 is 2.57 bits per heavy atom. The Morgan fingerprint density at radius 2 is 2.14 bits per heavy atom. The van der Waals surface area contributed by atoms with E-state index < -0.39 is 36.9 Å². The Kier molecular flexibility index (Phi) is 2.59. The van der Waals surface area contributed by atoms with Gasteiger partial charge in [0.15, 0.2) is 0 Å². The van der Waals surface area contributed by atoms with Gasteiger partial charge in [0.1, 0.15) is 6.04 Å². The molecule has 0 aromatic heterocycles. The van der Waals surface area contributed by atoms with Gasteiger partial charge in [-0.05, 0) is 0 Å². The molecule has 0 aromatic rings. The van der Waals surface area contributed by atoms with Gasteiger partial charge in [0.25, 0.3) is 5.92 Å². The number of rotatable bonds is 1. The summed E-state index contributed by atoms with van der Waals surface area (Å²) in [5.74, 6) is -3.82. The Balaban J connectivity index is 2.83. The molecule has 1 unspecified atom stereocenters. The molecule has 1 saturated heterocycles. The fourth-order valence-electron chi connectivity index (χ4n) is 1.42. The van der Waals surface area contributed by atoms with Crippen LogP contribution in [0.1, 0.15) is 6.42 Å². The first-order valence-electron chi connectivity index (χ1n) is 3.96. The minimum Gasteiger partial charge on any atom is -0.465 e. The van der Waals surface area contributed by atoms with Gasteiger partial charge in [-0.25, -0.2) is 13.6 Å². The summed E-state index contributed by atoms with van der Waals surface area (Å²) in [6.07, 6.45) is -2.25. The molecule has 1 aliphatic rings. The number of likely N-dealkylation sites (tertiary alicyclic amines) is 1. The van der Waals surface area contributed by atoms with E-state index in [2.05, 4.69) is 5.32 Å². The minimum atomic E-state index is -3.12. The van der Waals surface area contributed by atoms with Crippen molar-refractivity contribution >= 4 is 12.0 Å². The lowest BCUT2D eigenvalue weighted by molar-refractivity contribution is -0.124. The lowest BCUT2D eigenvalue weighted by atomic mass is 10.2. The molecule has 7 heteroatoms. The molecule has 1 rings (SSSR count). The van der Waals surface area contributed by atoms with Crippen molar-refractivity contribution in [3.05, 3.63) is 0 Å². The molecule has 1 heterocycles. The highest BCUT2D eigenvalue weighted by molar-refractivity contribution is 5.85. The van der Waals surface area contributed by atoms with E-state index in [-0.39, 0.29) is 0 Å². The molecule has 5 nitrogen and oxygen atoms in total. The molecule has 0 saturated carbocycles. The van der Waals surface area contributed by atoms with Gasteiger partial charge in [0, 0.05) is 13.5 Å². The predicted molar refractivity (Wildman–Crippen MR) is 42.1 cm³/mol. The Morgan fingerprint density at radius 1 is 1.57 bits per heavy atom. The second-order valence-electron chi connectivity index (χ2n) is 3.10. The highest BCUT2D eigenvalue weighted by Gasteiger charge is 2.49. The van der Waals surface area contributed by atoms with Gasteiger partial charge in [-0.2, -0.15) is 0 Å². The van der Waals surface area contributed by atoms with Crippen molar-refractivity contribution < 1.29 is 23.5 Å². The van der Waals surface area contributed by atoms with E-state index in [1.165, 1.54) is 7.05 Å². The first kappa shape index (κ1) is 10.7. The van der Waals surface area contributed by atoms with Crippen LogP contribution in [0.15, 0.2) is 0 Å². The van der Waals surface area contributed by atoms with Gasteiger partial charge in [-0.1, -0.05) is 0 Å². The average molecular weight is 208 g/mol. The van der Waals surface area contributed by atoms with E-state index in [0.717, 1.165) is 0 Å². The van der Waals surface area contributed by atoms with Crippen LogP contribution in [0.3, 0.4) is 0 Å². The maximum Gasteiger partial charge on any atom is 0.408 e. The van der Waals surface area contributed by atoms with Gasteiger partial charge in [0.2, 0.25) is 5.91 Å². The second-order valence-corrected chi connectivity index (χ2v) is 3.10. The molecule has 80 valence electrons. The highest BCUT2D eigenvalue weighted by Crippen LogP contribution is 2.31. The van der Waals surface area contributed by atoms with Crippen molar-refractivity contribution in [2.45, 2.75) is 18.4 Å². The van der Waals surface area contributed by atoms with E-state index in [9.17, 15) is 18.4 Å². The molecular formula is C7H10F2N2O3. The van der Waals surface area contributed by atoms with Gasteiger partial charge in [0.05, 0.1) is 6.54 Å². The number of amides is 2. The number of nitrogens with one attached hydrogen (secondary N) is 1. The summed E-state index contributed by atoms with van der Waals surface area (Å²) in [5, 5.41) is 10.7. The van der Waals surface area contributed by atoms with Crippen molar-refractivity contribution in [2.24, 2.45) is 0 Å². The standard InChI is InChI=1S/C7H10F2N2O3/c1-10-5(12)4-2-7(8,9)3-11(4)6(13)14/h4H,2-3H2,1H3,(H,10,12)(H,13,14). The van der Waals surface area contributed by atoms with E-state index in [0.29, 0.717) is 4.90 Å². The third-order valence-electron chi connectivity index (χ3n) is 2.06. The van der Waals surface area contributed by atoms with E-state index in [1.807, 2.05) is 0 Å². The molecule has 14 heavy (non-hydrogen) atoms. The average Bonchev–Trinajstić information content (AvgIpc) is 2.40. The molecule has 1 aliphatic heterocycles. The number of hydrogen-bond acceptors (Lipinski definition) is 2. The third-order valence-corrected chi connectivity index (χ3v) is 2.06. The number of carbonyl (C=O) groups is 2.